The van der Waals surface area contributed by atoms with E-state index in [0.717, 1.165) is 16.8 Å². The van der Waals surface area contributed by atoms with Gasteiger partial charge in [-0.15, -0.1) is 23.1 Å². The number of carbonyl (C=O) groups excluding carboxylic acids is 2. The summed E-state index contributed by atoms with van der Waals surface area (Å²) in [6.45, 7) is 2.41. The van der Waals surface area contributed by atoms with Crippen molar-refractivity contribution < 1.29 is 14.3 Å². The van der Waals surface area contributed by atoms with Gasteiger partial charge in [0.15, 0.2) is 5.13 Å². The molecule has 31 heavy (non-hydrogen) atoms. The number of ether oxygens (including phenoxy) is 1. The maximum absolute atomic E-state index is 12.2. The molecule has 2 amide bonds. The molecule has 160 valence electrons. The molecule has 0 aliphatic carbocycles. The van der Waals surface area contributed by atoms with Crippen molar-refractivity contribution in [2.45, 2.75) is 0 Å². The summed E-state index contributed by atoms with van der Waals surface area (Å²) < 4.78 is 5.25. The first-order valence-corrected chi connectivity index (χ1v) is 12.1. The van der Waals surface area contributed by atoms with Crippen molar-refractivity contribution in [2.75, 3.05) is 43.1 Å². The maximum Gasteiger partial charge on any atom is 0.236 e. The highest BCUT2D eigenvalue weighted by Gasteiger charge is 2.17. The lowest BCUT2D eigenvalue weighted by Gasteiger charge is -2.26. The lowest BCUT2D eigenvalue weighted by Crippen LogP contribution is -2.41. The average molecular weight is 454 g/mol. The van der Waals surface area contributed by atoms with E-state index in [2.05, 4.69) is 34.6 Å². The van der Waals surface area contributed by atoms with Gasteiger partial charge in [0.1, 0.15) is 0 Å². The van der Waals surface area contributed by atoms with Crippen molar-refractivity contribution in [3.05, 3.63) is 60.0 Å². The Morgan fingerprint density at radius 3 is 2.39 bits per heavy atom. The van der Waals surface area contributed by atoms with E-state index in [0.29, 0.717) is 37.2 Å². The number of carbonyl (C=O) groups is 2. The van der Waals surface area contributed by atoms with E-state index >= 15 is 0 Å². The second kappa shape index (κ2) is 10.6. The summed E-state index contributed by atoms with van der Waals surface area (Å²) in [5, 5.41) is 5.32. The minimum absolute atomic E-state index is 0.0524. The fourth-order valence-electron chi connectivity index (χ4n) is 3.22. The van der Waals surface area contributed by atoms with E-state index in [1.165, 1.54) is 28.7 Å². The fraction of sp³-hybridized carbons (Fsp3) is 0.261. The van der Waals surface area contributed by atoms with Gasteiger partial charge in [0.25, 0.3) is 0 Å². The topological polar surface area (TPSA) is 71.5 Å². The second-order valence-corrected chi connectivity index (χ2v) is 8.86. The summed E-state index contributed by atoms with van der Waals surface area (Å²) in [6.07, 6.45) is 0. The van der Waals surface area contributed by atoms with Gasteiger partial charge >= 0.3 is 0 Å². The Morgan fingerprint density at radius 1 is 0.968 bits per heavy atom. The highest BCUT2D eigenvalue weighted by atomic mass is 32.2. The number of hydrogen-bond acceptors (Lipinski definition) is 6. The SMILES string of the molecule is O=C(CSCC(=O)N1CCOCC1)Nc1nc(-c2ccc(-c3ccccc3)cc2)cs1. The Bertz CT molecular complexity index is 1020. The first-order chi connectivity index (χ1) is 15.2. The molecule has 1 aliphatic heterocycles. The van der Waals surface area contributed by atoms with E-state index in [1.807, 2.05) is 35.7 Å². The van der Waals surface area contributed by atoms with Crippen LogP contribution in [0.25, 0.3) is 22.4 Å². The van der Waals surface area contributed by atoms with Gasteiger partial charge in [0.05, 0.1) is 30.4 Å². The van der Waals surface area contributed by atoms with E-state index in [4.69, 9.17) is 4.74 Å². The Hall–Kier alpha value is -2.68. The number of amides is 2. The molecule has 2 heterocycles. The Balaban J connectivity index is 1.26. The van der Waals surface area contributed by atoms with Crippen LogP contribution in [-0.4, -0.2) is 59.5 Å². The normalized spacial score (nSPS) is 13.7. The number of nitrogens with one attached hydrogen (secondary N) is 1. The molecule has 1 saturated heterocycles. The summed E-state index contributed by atoms with van der Waals surface area (Å²) in [4.78, 5) is 30.6. The molecule has 1 fully saturated rings. The zero-order valence-corrected chi connectivity index (χ0v) is 18.6. The zero-order valence-electron chi connectivity index (χ0n) is 17.0. The molecule has 1 aromatic heterocycles. The third kappa shape index (κ3) is 5.94. The molecule has 2 aromatic carbocycles. The second-order valence-electron chi connectivity index (χ2n) is 7.02. The predicted octanol–water partition coefficient (Wildman–Crippen LogP) is 4.01. The third-order valence-electron chi connectivity index (χ3n) is 4.86. The number of hydrogen-bond donors (Lipinski definition) is 1. The number of rotatable bonds is 7. The lowest BCUT2D eigenvalue weighted by molar-refractivity contribution is -0.132. The summed E-state index contributed by atoms with van der Waals surface area (Å²) in [5.41, 5.74) is 4.15. The van der Waals surface area contributed by atoms with Gasteiger partial charge in [-0.3, -0.25) is 9.59 Å². The highest BCUT2D eigenvalue weighted by Crippen LogP contribution is 2.27. The van der Waals surface area contributed by atoms with Crippen molar-refractivity contribution in [1.29, 1.82) is 0 Å². The van der Waals surface area contributed by atoms with E-state index in [9.17, 15) is 9.59 Å². The van der Waals surface area contributed by atoms with Gasteiger partial charge in [-0.2, -0.15) is 0 Å². The molecule has 0 saturated carbocycles. The number of thiazole rings is 1. The van der Waals surface area contributed by atoms with Crippen LogP contribution in [0.5, 0.6) is 0 Å². The molecule has 1 aliphatic rings. The fourth-order valence-corrected chi connectivity index (χ4v) is 4.67. The highest BCUT2D eigenvalue weighted by molar-refractivity contribution is 8.00. The maximum atomic E-state index is 12.2. The molecule has 0 bridgehead atoms. The smallest absolute Gasteiger partial charge is 0.236 e. The molecule has 0 radical (unpaired) electrons. The number of aromatic nitrogens is 1. The molecule has 0 spiro atoms. The molecule has 1 N–H and O–H groups in total. The summed E-state index contributed by atoms with van der Waals surface area (Å²) in [7, 11) is 0. The Morgan fingerprint density at radius 2 is 1.65 bits per heavy atom. The molecular weight excluding hydrogens is 430 g/mol. The summed E-state index contributed by atoms with van der Waals surface area (Å²) in [5.74, 6) is 0.415. The van der Waals surface area contributed by atoms with Crippen LogP contribution >= 0.6 is 23.1 Å². The quantitative estimate of drug-likeness (QED) is 0.585. The summed E-state index contributed by atoms with van der Waals surface area (Å²) >= 11 is 2.71. The summed E-state index contributed by atoms with van der Waals surface area (Å²) in [6, 6.07) is 18.4. The Labute approximate surface area is 189 Å². The van der Waals surface area contributed by atoms with E-state index in [1.54, 1.807) is 4.90 Å². The number of benzene rings is 2. The molecule has 8 heteroatoms. The van der Waals surface area contributed by atoms with Crippen molar-refractivity contribution in [2.24, 2.45) is 0 Å². The molecule has 3 aromatic rings. The van der Waals surface area contributed by atoms with Crippen LogP contribution in [0.4, 0.5) is 5.13 Å². The van der Waals surface area contributed by atoms with Crippen LogP contribution in [0.2, 0.25) is 0 Å². The molecule has 0 atom stereocenters. The van der Waals surface area contributed by atoms with E-state index < -0.39 is 0 Å². The van der Waals surface area contributed by atoms with Crippen LogP contribution in [0.15, 0.2) is 60.0 Å². The van der Waals surface area contributed by atoms with Crippen molar-refractivity contribution >= 4 is 40.0 Å². The average Bonchev–Trinajstić information content (AvgIpc) is 3.28. The standard InChI is InChI=1S/C23H23N3O3S2/c27-21(15-30-16-22(28)26-10-12-29-13-11-26)25-23-24-20(14-31-23)19-8-6-18(7-9-19)17-4-2-1-3-5-17/h1-9,14H,10-13,15-16H2,(H,24,25,27). The minimum atomic E-state index is -0.153. The van der Waals surface area contributed by atoms with E-state index in [-0.39, 0.29) is 17.6 Å². The van der Waals surface area contributed by atoms with Gasteiger partial charge in [0, 0.05) is 24.0 Å². The Kier molecular flexibility index (Phi) is 7.35. The largest absolute Gasteiger partial charge is 0.378 e. The third-order valence-corrected chi connectivity index (χ3v) is 6.54. The molecule has 6 nitrogen and oxygen atoms in total. The first kappa shape index (κ1) is 21.5. The van der Waals surface area contributed by atoms with Crippen molar-refractivity contribution in [1.82, 2.24) is 9.88 Å². The van der Waals surface area contributed by atoms with Gasteiger partial charge in [-0.25, -0.2) is 4.98 Å². The minimum Gasteiger partial charge on any atom is -0.378 e. The van der Waals surface area contributed by atoms with Crippen LogP contribution in [0.3, 0.4) is 0 Å². The number of nitrogens with zero attached hydrogens (tertiary/aromatic N) is 2. The monoisotopic (exact) mass is 453 g/mol. The lowest BCUT2D eigenvalue weighted by atomic mass is 10.0. The van der Waals surface area contributed by atoms with Gasteiger partial charge in [-0.05, 0) is 11.1 Å². The van der Waals surface area contributed by atoms with Gasteiger partial charge in [-0.1, -0.05) is 54.6 Å². The molecular formula is C23H23N3O3S2. The van der Waals surface area contributed by atoms with Crippen LogP contribution in [0.1, 0.15) is 0 Å². The molecule has 4 rings (SSSR count). The molecule has 0 unspecified atom stereocenters. The first-order valence-electron chi connectivity index (χ1n) is 10.0. The van der Waals surface area contributed by atoms with Crippen LogP contribution in [-0.2, 0) is 14.3 Å². The predicted molar refractivity (Wildman–Crippen MR) is 126 cm³/mol. The van der Waals surface area contributed by atoms with Gasteiger partial charge in [0.2, 0.25) is 11.8 Å². The van der Waals surface area contributed by atoms with Gasteiger partial charge < -0.3 is 15.0 Å². The van der Waals surface area contributed by atoms with Crippen molar-refractivity contribution in [3.63, 3.8) is 0 Å². The van der Waals surface area contributed by atoms with Crippen LogP contribution in [0, 0.1) is 0 Å². The van der Waals surface area contributed by atoms with Crippen LogP contribution < -0.4 is 5.32 Å². The zero-order chi connectivity index (χ0) is 21.5. The number of thioether (sulfide) groups is 1. The number of anilines is 1. The van der Waals surface area contributed by atoms with Crippen molar-refractivity contribution in [3.8, 4) is 22.4 Å². The number of morpholine rings is 1.